The van der Waals surface area contributed by atoms with Crippen molar-refractivity contribution in [1.82, 2.24) is 14.5 Å². The third-order valence-corrected chi connectivity index (χ3v) is 4.76. The molecule has 0 radical (unpaired) electrons. The van der Waals surface area contributed by atoms with Crippen molar-refractivity contribution in [3.63, 3.8) is 0 Å². The van der Waals surface area contributed by atoms with Crippen molar-refractivity contribution >= 4 is 34.6 Å². The Morgan fingerprint density at radius 1 is 1.40 bits per heavy atom. The number of halogens is 4. The summed E-state index contributed by atoms with van der Waals surface area (Å²) in [5.41, 5.74) is -1.05. The van der Waals surface area contributed by atoms with Gasteiger partial charge in [0.15, 0.2) is 5.65 Å². The zero-order valence-corrected chi connectivity index (χ0v) is 14.6. The second kappa shape index (κ2) is 6.16. The van der Waals surface area contributed by atoms with E-state index in [2.05, 4.69) is 15.3 Å². The highest BCUT2D eigenvalue weighted by Gasteiger charge is 2.48. The van der Waals surface area contributed by atoms with Crippen LogP contribution in [0.2, 0.25) is 5.02 Å². The summed E-state index contributed by atoms with van der Waals surface area (Å²) >= 11 is 5.93. The first-order valence-electron chi connectivity index (χ1n) is 7.98. The Bertz CT molecular complexity index is 812. The van der Waals surface area contributed by atoms with E-state index < -0.39 is 23.9 Å². The molecule has 0 saturated heterocycles. The van der Waals surface area contributed by atoms with Gasteiger partial charge in [-0.25, -0.2) is 9.97 Å². The van der Waals surface area contributed by atoms with E-state index in [1.165, 1.54) is 6.20 Å². The fraction of sp³-hybridized carbons (Fsp3) is 0.562. The van der Waals surface area contributed by atoms with Gasteiger partial charge in [-0.2, -0.15) is 13.2 Å². The average molecular weight is 375 g/mol. The van der Waals surface area contributed by atoms with Gasteiger partial charge in [-0.05, 0) is 25.3 Å². The number of nitrogens with one attached hydrogen (secondary N) is 1. The van der Waals surface area contributed by atoms with Gasteiger partial charge in [0.1, 0.15) is 5.52 Å². The first-order valence-corrected chi connectivity index (χ1v) is 8.36. The number of anilines is 1. The van der Waals surface area contributed by atoms with Crippen LogP contribution in [0.4, 0.5) is 19.1 Å². The predicted octanol–water partition coefficient (Wildman–Crippen LogP) is 4.73. The van der Waals surface area contributed by atoms with Gasteiger partial charge in [0, 0.05) is 18.7 Å². The van der Waals surface area contributed by atoms with E-state index in [9.17, 15) is 18.0 Å². The number of alkyl halides is 3. The van der Waals surface area contributed by atoms with Crippen LogP contribution in [-0.2, 0) is 4.79 Å². The van der Waals surface area contributed by atoms with Crippen molar-refractivity contribution in [3.8, 4) is 0 Å². The summed E-state index contributed by atoms with van der Waals surface area (Å²) in [6.07, 6.45) is -0.795. The summed E-state index contributed by atoms with van der Waals surface area (Å²) in [5.74, 6) is -0.512. The number of amides is 1. The second-order valence-corrected chi connectivity index (χ2v) is 7.43. The molecular weight excluding hydrogens is 357 g/mol. The number of fused-ring (bicyclic) bond motifs is 1. The Balaban J connectivity index is 1.89. The van der Waals surface area contributed by atoms with Crippen LogP contribution >= 0.6 is 11.6 Å². The SMILES string of the molecule is CC(C)(CC(=O)Nc1nc2cc(Cl)cnc2n1C1CCC1)C(F)(F)F. The topological polar surface area (TPSA) is 59.8 Å². The fourth-order valence-corrected chi connectivity index (χ4v) is 2.86. The number of hydrogen-bond donors (Lipinski definition) is 1. The van der Waals surface area contributed by atoms with Crippen molar-refractivity contribution in [1.29, 1.82) is 0 Å². The molecule has 0 unspecified atom stereocenters. The number of rotatable bonds is 4. The third kappa shape index (κ3) is 3.44. The lowest BCUT2D eigenvalue weighted by atomic mass is 9.88. The number of hydrogen-bond acceptors (Lipinski definition) is 3. The van der Waals surface area contributed by atoms with Crippen LogP contribution in [-0.4, -0.2) is 26.6 Å². The Kier molecular flexibility index (Phi) is 4.43. The molecule has 1 fully saturated rings. The number of nitrogens with zero attached hydrogens (tertiary/aromatic N) is 3. The fourth-order valence-electron chi connectivity index (χ4n) is 2.71. The summed E-state index contributed by atoms with van der Waals surface area (Å²) in [4.78, 5) is 20.8. The molecule has 0 aliphatic heterocycles. The first kappa shape index (κ1) is 18.0. The van der Waals surface area contributed by atoms with E-state index in [0.717, 1.165) is 33.1 Å². The number of pyridine rings is 1. The molecule has 1 N–H and O–H groups in total. The van der Waals surface area contributed by atoms with E-state index in [1.54, 1.807) is 10.6 Å². The molecule has 0 spiro atoms. The molecule has 0 atom stereocenters. The summed E-state index contributed by atoms with van der Waals surface area (Å²) in [5, 5.41) is 2.93. The van der Waals surface area contributed by atoms with E-state index in [-0.39, 0.29) is 12.0 Å². The lowest BCUT2D eigenvalue weighted by Gasteiger charge is -2.29. The van der Waals surface area contributed by atoms with Crippen LogP contribution in [0, 0.1) is 5.41 Å². The maximum atomic E-state index is 13.0. The van der Waals surface area contributed by atoms with Gasteiger partial charge in [0.05, 0.1) is 10.4 Å². The van der Waals surface area contributed by atoms with Crippen molar-refractivity contribution in [3.05, 3.63) is 17.3 Å². The van der Waals surface area contributed by atoms with Crippen molar-refractivity contribution in [2.45, 2.75) is 51.7 Å². The molecule has 2 heterocycles. The Hall–Kier alpha value is -1.83. The van der Waals surface area contributed by atoms with Crippen LogP contribution in [0.5, 0.6) is 0 Å². The van der Waals surface area contributed by atoms with Crippen LogP contribution < -0.4 is 5.32 Å². The molecule has 1 amide bonds. The smallest absolute Gasteiger partial charge is 0.296 e. The number of carbonyl (C=O) groups is 1. The quantitative estimate of drug-likeness (QED) is 0.841. The van der Waals surface area contributed by atoms with Gasteiger partial charge < -0.3 is 0 Å². The zero-order chi connectivity index (χ0) is 18.4. The Labute approximate surface area is 147 Å². The largest absolute Gasteiger partial charge is 0.394 e. The molecule has 25 heavy (non-hydrogen) atoms. The molecule has 2 aromatic heterocycles. The number of aromatic nitrogens is 3. The van der Waals surface area contributed by atoms with Crippen molar-refractivity contribution in [2.24, 2.45) is 5.41 Å². The van der Waals surface area contributed by atoms with Gasteiger partial charge in [-0.3, -0.25) is 14.7 Å². The minimum Gasteiger partial charge on any atom is -0.296 e. The third-order valence-electron chi connectivity index (χ3n) is 4.56. The summed E-state index contributed by atoms with van der Waals surface area (Å²) < 4.78 is 40.8. The molecule has 1 saturated carbocycles. The van der Waals surface area contributed by atoms with Gasteiger partial charge in [-0.1, -0.05) is 25.4 Å². The molecule has 5 nitrogen and oxygen atoms in total. The predicted molar refractivity (Wildman–Crippen MR) is 88.5 cm³/mol. The van der Waals surface area contributed by atoms with Crippen LogP contribution in [0.25, 0.3) is 11.2 Å². The minimum atomic E-state index is -4.46. The lowest BCUT2D eigenvalue weighted by Crippen LogP contribution is -2.36. The van der Waals surface area contributed by atoms with Crippen LogP contribution in [0.3, 0.4) is 0 Å². The van der Waals surface area contributed by atoms with E-state index in [0.29, 0.717) is 16.2 Å². The molecule has 1 aliphatic rings. The second-order valence-electron chi connectivity index (χ2n) is 6.99. The van der Waals surface area contributed by atoms with E-state index in [1.807, 2.05) is 0 Å². The zero-order valence-electron chi connectivity index (χ0n) is 13.8. The molecule has 3 rings (SSSR count). The normalized spacial score (nSPS) is 16.1. The number of imidazole rings is 1. The van der Waals surface area contributed by atoms with Gasteiger partial charge in [0.2, 0.25) is 11.9 Å². The lowest BCUT2D eigenvalue weighted by molar-refractivity contribution is -0.213. The molecule has 0 bridgehead atoms. The summed E-state index contributed by atoms with van der Waals surface area (Å²) in [7, 11) is 0. The van der Waals surface area contributed by atoms with E-state index >= 15 is 0 Å². The highest BCUT2D eigenvalue weighted by atomic mass is 35.5. The minimum absolute atomic E-state index is 0.129. The Morgan fingerprint density at radius 3 is 2.64 bits per heavy atom. The van der Waals surface area contributed by atoms with Crippen molar-refractivity contribution < 1.29 is 18.0 Å². The van der Waals surface area contributed by atoms with Gasteiger partial charge in [0.25, 0.3) is 0 Å². The molecule has 2 aromatic rings. The standard InChI is InChI=1S/C16H18ClF3N4O/c1-15(2,16(18,19)20)7-12(25)23-14-22-11-6-9(17)8-21-13(11)24(14)10-4-3-5-10/h6,8,10H,3-5,7H2,1-2H3,(H,22,23,25). The van der Waals surface area contributed by atoms with Crippen molar-refractivity contribution in [2.75, 3.05) is 5.32 Å². The molecular formula is C16H18ClF3N4O. The average Bonchev–Trinajstić information content (AvgIpc) is 2.72. The van der Waals surface area contributed by atoms with E-state index in [4.69, 9.17) is 11.6 Å². The summed E-state index contributed by atoms with van der Waals surface area (Å²) in [6, 6.07) is 1.75. The number of carbonyl (C=O) groups excluding carboxylic acids is 1. The maximum Gasteiger partial charge on any atom is 0.394 e. The Morgan fingerprint density at radius 2 is 2.08 bits per heavy atom. The maximum absolute atomic E-state index is 13.0. The molecule has 136 valence electrons. The molecule has 0 aromatic carbocycles. The first-order chi connectivity index (χ1) is 11.6. The highest BCUT2D eigenvalue weighted by molar-refractivity contribution is 6.31. The highest BCUT2D eigenvalue weighted by Crippen LogP contribution is 2.41. The summed E-state index contributed by atoms with van der Waals surface area (Å²) in [6.45, 7) is 2.01. The van der Waals surface area contributed by atoms with Gasteiger partial charge in [-0.15, -0.1) is 0 Å². The van der Waals surface area contributed by atoms with Crippen LogP contribution in [0.15, 0.2) is 12.3 Å². The van der Waals surface area contributed by atoms with Gasteiger partial charge >= 0.3 is 6.18 Å². The van der Waals surface area contributed by atoms with Crippen LogP contribution in [0.1, 0.15) is 45.6 Å². The monoisotopic (exact) mass is 374 g/mol. The molecule has 9 heteroatoms. The molecule has 1 aliphatic carbocycles.